The Morgan fingerprint density at radius 2 is 2.11 bits per heavy atom. The smallest absolute Gasteiger partial charge is 0.256 e. The molecule has 0 aliphatic carbocycles. The van der Waals surface area contributed by atoms with Crippen molar-refractivity contribution in [2.45, 2.75) is 6.92 Å². The van der Waals surface area contributed by atoms with E-state index < -0.39 is 0 Å². The molecule has 0 aliphatic rings. The number of rotatable bonds is 2. The molecule has 92 valence electrons. The maximum Gasteiger partial charge on any atom is 0.256 e. The molecular weight excluding hydrogens is 363 g/mol. The summed E-state index contributed by atoms with van der Waals surface area (Å²) < 4.78 is 0.916. The van der Waals surface area contributed by atoms with E-state index in [0.29, 0.717) is 16.4 Å². The van der Waals surface area contributed by atoms with Gasteiger partial charge in [-0.2, -0.15) is 0 Å². The van der Waals surface area contributed by atoms with E-state index in [0.717, 1.165) is 9.26 Å². The SMILES string of the molecule is Cc1cccc(NC(=O)c2ccc(I)c(Cl)c2)n1. The molecule has 5 heteroatoms. The number of hydrogen-bond donors (Lipinski definition) is 1. The summed E-state index contributed by atoms with van der Waals surface area (Å²) in [4.78, 5) is 16.2. The lowest BCUT2D eigenvalue weighted by Gasteiger charge is -2.06. The molecule has 0 saturated heterocycles. The molecule has 18 heavy (non-hydrogen) atoms. The molecule has 1 aromatic heterocycles. The van der Waals surface area contributed by atoms with Crippen LogP contribution in [0.15, 0.2) is 36.4 Å². The number of carbonyl (C=O) groups is 1. The van der Waals surface area contributed by atoms with Crippen molar-refractivity contribution in [2.75, 3.05) is 5.32 Å². The number of aryl methyl sites for hydroxylation is 1. The standard InChI is InChI=1S/C13H10ClIN2O/c1-8-3-2-4-12(16-8)17-13(18)9-5-6-11(15)10(14)7-9/h2-7H,1H3,(H,16,17,18). The van der Waals surface area contributed by atoms with Gasteiger partial charge in [0.2, 0.25) is 0 Å². The quantitative estimate of drug-likeness (QED) is 0.813. The molecule has 0 saturated carbocycles. The van der Waals surface area contributed by atoms with E-state index >= 15 is 0 Å². The number of hydrogen-bond acceptors (Lipinski definition) is 2. The highest BCUT2D eigenvalue weighted by molar-refractivity contribution is 14.1. The summed E-state index contributed by atoms with van der Waals surface area (Å²) in [5, 5.41) is 3.30. The first-order valence-electron chi connectivity index (χ1n) is 5.26. The topological polar surface area (TPSA) is 42.0 Å². The lowest BCUT2D eigenvalue weighted by Crippen LogP contribution is -2.13. The van der Waals surface area contributed by atoms with Crippen LogP contribution in [0, 0.1) is 10.5 Å². The highest BCUT2D eigenvalue weighted by atomic mass is 127. The number of halogens is 2. The van der Waals surface area contributed by atoms with Gasteiger partial charge in [-0.25, -0.2) is 4.98 Å². The minimum atomic E-state index is -0.216. The molecular formula is C13H10ClIN2O. The van der Waals surface area contributed by atoms with Crippen molar-refractivity contribution in [1.82, 2.24) is 4.98 Å². The first-order chi connectivity index (χ1) is 8.56. The first-order valence-corrected chi connectivity index (χ1v) is 6.72. The number of amides is 1. The number of nitrogens with one attached hydrogen (secondary N) is 1. The Bertz CT molecular complexity index is 601. The average molecular weight is 373 g/mol. The van der Waals surface area contributed by atoms with E-state index in [-0.39, 0.29) is 5.91 Å². The summed E-state index contributed by atoms with van der Waals surface area (Å²) in [5.74, 6) is 0.320. The van der Waals surface area contributed by atoms with Gasteiger partial charge in [-0.15, -0.1) is 0 Å². The Hall–Kier alpha value is -1.14. The Labute approximate surface area is 124 Å². The van der Waals surface area contributed by atoms with Crippen molar-refractivity contribution in [2.24, 2.45) is 0 Å². The molecule has 1 aromatic carbocycles. The Kier molecular flexibility index (Phi) is 4.19. The Morgan fingerprint density at radius 3 is 2.78 bits per heavy atom. The molecule has 1 amide bonds. The predicted octanol–water partition coefficient (Wildman–Crippen LogP) is 3.90. The minimum absolute atomic E-state index is 0.216. The molecule has 0 unspecified atom stereocenters. The van der Waals surface area contributed by atoms with Crippen LogP contribution in [0.25, 0.3) is 0 Å². The van der Waals surface area contributed by atoms with Gasteiger partial charge >= 0.3 is 0 Å². The third kappa shape index (κ3) is 3.20. The van der Waals surface area contributed by atoms with Gasteiger partial charge in [0.1, 0.15) is 5.82 Å². The lowest BCUT2D eigenvalue weighted by molar-refractivity contribution is 0.102. The molecule has 0 atom stereocenters. The van der Waals surface area contributed by atoms with Crippen LogP contribution in [0.4, 0.5) is 5.82 Å². The fourth-order valence-electron chi connectivity index (χ4n) is 1.44. The van der Waals surface area contributed by atoms with Gasteiger partial charge in [-0.3, -0.25) is 4.79 Å². The van der Waals surface area contributed by atoms with Gasteiger partial charge in [0.25, 0.3) is 5.91 Å². The number of anilines is 1. The van der Waals surface area contributed by atoms with Gasteiger partial charge in [-0.1, -0.05) is 17.7 Å². The fraction of sp³-hybridized carbons (Fsp3) is 0.0769. The number of nitrogens with zero attached hydrogens (tertiary/aromatic N) is 1. The highest BCUT2D eigenvalue weighted by Gasteiger charge is 2.08. The highest BCUT2D eigenvalue weighted by Crippen LogP contribution is 2.20. The summed E-state index contributed by atoms with van der Waals surface area (Å²) in [6, 6.07) is 10.7. The van der Waals surface area contributed by atoms with Crippen molar-refractivity contribution >= 4 is 45.9 Å². The Morgan fingerprint density at radius 1 is 1.33 bits per heavy atom. The van der Waals surface area contributed by atoms with Crippen molar-refractivity contribution < 1.29 is 4.79 Å². The Balaban J connectivity index is 2.19. The van der Waals surface area contributed by atoms with E-state index in [1.165, 1.54) is 0 Å². The second-order valence-electron chi connectivity index (χ2n) is 3.75. The van der Waals surface area contributed by atoms with Crippen LogP contribution in [0.1, 0.15) is 16.1 Å². The van der Waals surface area contributed by atoms with Gasteiger partial charge in [0.05, 0.1) is 5.02 Å². The van der Waals surface area contributed by atoms with E-state index in [1.807, 2.05) is 25.1 Å². The van der Waals surface area contributed by atoms with Crippen LogP contribution in [-0.4, -0.2) is 10.9 Å². The number of pyridine rings is 1. The van der Waals surface area contributed by atoms with Gasteiger partial charge in [0, 0.05) is 14.8 Å². The van der Waals surface area contributed by atoms with E-state index in [2.05, 4.69) is 32.9 Å². The zero-order valence-corrected chi connectivity index (χ0v) is 12.5. The lowest BCUT2D eigenvalue weighted by atomic mass is 10.2. The van der Waals surface area contributed by atoms with Crippen molar-refractivity contribution in [3.05, 3.63) is 56.2 Å². The summed E-state index contributed by atoms with van der Waals surface area (Å²) in [7, 11) is 0. The van der Waals surface area contributed by atoms with Crippen LogP contribution in [0.5, 0.6) is 0 Å². The maximum atomic E-state index is 12.0. The molecule has 1 heterocycles. The normalized spacial score (nSPS) is 10.2. The van der Waals surface area contributed by atoms with Gasteiger partial charge in [-0.05, 0) is 59.8 Å². The molecule has 0 spiro atoms. The molecule has 1 N–H and O–H groups in total. The predicted molar refractivity (Wildman–Crippen MR) is 81.1 cm³/mol. The van der Waals surface area contributed by atoms with Crippen LogP contribution >= 0.6 is 34.2 Å². The average Bonchev–Trinajstić information content (AvgIpc) is 2.32. The zero-order valence-electron chi connectivity index (χ0n) is 9.58. The monoisotopic (exact) mass is 372 g/mol. The van der Waals surface area contributed by atoms with Crippen molar-refractivity contribution in [3.8, 4) is 0 Å². The third-order valence-electron chi connectivity index (χ3n) is 2.31. The van der Waals surface area contributed by atoms with Gasteiger partial charge < -0.3 is 5.32 Å². The van der Waals surface area contributed by atoms with Crippen LogP contribution in [0.3, 0.4) is 0 Å². The molecule has 0 radical (unpaired) electrons. The second kappa shape index (κ2) is 5.67. The third-order valence-corrected chi connectivity index (χ3v) is 3.88. The van der Waals surface area contributed by atoms with E-state index in [9.17, 15) is 4.79 Å². The summed E-state index contributed by atoms with van der Waals surface area (Å²) in [5.41, 5.74) is 1.37. The minimum Gasteiger partial charge on any atom is -0.307 e. The summed E-state index contributed by atoms with van der Waals surface area (Å²) in [6.07, 6.45) is 0. The molecule has 2 aromatic rings. The molecule has 0 bridgehead atoms. The van der Waals surface area contributed by atoms with E-state index in [1.54, 1.807) is 18.2 Å². The first kappa shape index (κ1) is 13.3. The van der Waals surface area contributed by atoms with E-state index in [4.69, 9.17) is 11.6 Å². The largest absolute Gasteiger partial charge is 0.307 e. The number of aromatic nitrogens is 1. The van der Waals surface area contributed by atoms with Gasteiger partial charge in [0.15, 0.2) is 0 Å². The van der Waals surface area contributed by atoms with Crippen molar-refractivity contribution in [3.63, 3.8) is 0 Å². The number of carbonyl (C=O) groups excluding carboxylic acids is 1. The molecule has 2 rings (SSSR count). The van der Waals surface area contributed by atoms with Crippen LogP contribution in [0.2, 0.25) is 5.02 Å². The van der Waals surface area contributed by atoms with Crippen LogP contribution < -0.4 is 5.32 Å². The zero-order chi connectivity index (χ0) is 13.1. The fourth-order valence-corrected chi connectivity index (χ4v) is 1.95. The maximum absolute atomic E-state index is 12.0. The summed E-state index contributed by atoms with van der Waals surface area (Å²) >= 11 is 8.10. The molecule has 0 aliphatic heterocycles. The molecule has 3 nitrogen and oxygen atoms in total. The molecule has 0 fully saturated rings. The van der Waals surface area contributed by atoms with Crippen molar-refractivity contribution in [1.29, 1.82) is 0 Å². The second-order valence-corrected chi connectivity index (χ2v) is 5.32. The number of benzene rings is 1. The van der Waals surface area contributed by atoms with Crippen LogP contribution in [-0.2, 0) is 0 Å². The summed E-state index contributed by atoms with van der Waals surface area (Å²) in [6.45, 7) is 1.87.